The van der Waals surface area contributed by atoms with E-state index in [0.29, 0.717) is 17.6 Å². The van der Waals surface area contributed by atoms with Crippen LogP contribution in [0.3, 0.4) is 0 Å². The molecule has 25 heavy (non-hydrogen) atoms. The zero-order valence-corrected chi connectivity index (χ0v) is 13.9. The van der Waals surface area contributed by atoms with Crippen molar-refractivity contribution in [3.63, 3.8) is 0 Å². The Labute approximate surface area is 143 Å². The number of nitrogens with one attached hydrogen (secondary N) is 2. The lowest BCUT2D eigenvalue weighted by Crippen LogP contribution is -2.30. The molecule has 1 aliphatic heterocycles. The summed E-state index contributed by atoms with van der Waals surface area (Å²) >= 11 is 0. The molecule has 2 aromatic heterocycles. The van der Waals surface area contributed by atoms with Crippen LogP contribution >= 0.6 is 0 Å². The molecule has 0 radical (unpaired) electrons. The highest BCUT2D eigenvalue weighted by atomic mass is 16.4. The molecule has 0 spiro atoms. The molecule has 0 saturated carbocycles. The summed E-state index contributed by atoms with van der Waals surface area (Å²) in [5.41, 5.74) is 4.04. The molecule has 130 valence electrons. The van der Waals surface area contributed by atoms with E-state index in [9.17, 15) is 9.59 Å². The van der Waals surface area contributed by atoms with Gasteiger partial charge in [0.25, 0.3) is 0 Å². The van der Waals surface area contributed by atoms with Crippen molar-refractivity contribution in [2.75, 3.05) is 6.54 Å². The predicted octanol–water partition coefficient (Wildman–Crippen LogP) is 0.519. The van der Waals surface area contributed by atoms with Gasteiger partial charge in [-0.2, -0.15) is 5.10 Å². The molecule has 0 bridgehead atoms. The van der Waals surface area contributed by atoms with Gasteiger partial charge >= 0.3 is 5.76 Å². The number of aryl methyl sites for hydroxylation is 1. The van der Waals surface area contributed by atoms with Crippen LogP contribution in [0.1, 0.15) is 17.0 Å². The molecule has 0 atom stereocenters. The molecule has 0 saturated heterocycles. The Morgan fingerprint density at radius 1 is 1.40 bits per heavy atom. The lowest BCUT2D eigenvalue weighted by molar-refractivity contribution is -0.121. The van der Waals surface area contributed by atoms with Crippen LogP contribution in [0.5, 0.6) is 0 Å². The zero-order valence-electron chi connectivity index (χ0n) is 13.9. The summed E-state index contributed by atoms with van der Waals surface area (Å²) in [7, 11) is 0. The van der Waals surface area contributed by atoms with Crippen LogP contribution in [0.2, 0.25) is 0 Å². The Bertz CT molecular complexity index is 974. The van der Waals surface area contributed by atoms with Gasteiger partial charge in [-0.25, -0.2) is 4.79 Å². The maximum absolute atomic E-state index is 12.2. The van der Waals surface area contributed by atoms with E-state index in [2.05, 4.69) is 15.7 Å². The molecule has 0 aliphatic carbocycles. The summed E-state index contributed by atoms with van der Waals surface area (Å²) < 4.78 is 8.48. The van der Waals surface area contributed by atoms with Gasteiger partial charge in [-0.15, -0.1) is 0 Å². The van der Waals surface area contributed by atoms with Gasteiger partial charge in [-0.1, -0.05) is 6.07 Å². The fourth-order valence-electron chi connectivity index (χ4n) is 3.05. The number of amides is 1. The van der Waals surface area contributed by atoms with Gasteiger partial charge in [0.2, 0.25) is 5.91 Å². The maximum atomic E-state index is 12.2. The van der Waals surface area contributed by atoms with Gasteiger partial charge in [0.05, 0.1) is 30.0 Å². The maximum Gasteiger partial charge on any atom is 0.420 e. The fourth-order valence-corrected chi connectivity index (χ4v) is 3.05. The van der Waals surface area contributed by atoms with Crippen LogP contribution in [0, 0.1) is 6.92 Å². The summed E-state index contributed by atoms with van der Waals surface area (Å²) in [4.78, 5) is 24.2. The minimum absolute atomic E-state index is 0.0790. The number of nitrogens with zero attached hydrogens (tertiary/aromatic N) is 3. The zero-order chi connectivity index (χ0) is 17.4. The van der Waals surface area contributed by atoms with Gasteiger partial charge in [0.1, 0.15) is 6.54 Å². The molecule has 1 amide bonds. The first kappa shape index (κ1) is 15.6. The molecule has 8 heteroatoms. The number of carbonyl (C=O) groups excluding carboxylic acids is 1. The van der Waals surface area contributed by atoms with Crippen molar-refractivity contribution >= 4 is 17.0 Å². The average molecular weight is 341 g/mol. The standard InChI is InChI=1S/C17H19N5O3/c1-11-2-3-15-14(6-11)21(17(24)25-15)10-16(23)19-8-12-7-13-9-18-4-5-22(13)20-12/h2-3,6-7,18H,4-5,8-10H2,1H3,(H,19,23). The number of carbonyl (C=O) groups is 1. The van der Waals surface area contributed by atoms with Crippen molar-refractivity contribution in [1.82, 2.24) is 25.0 Å². The number of hydrogen-bond donors (Lipinski definition) is 2. The second-order valence-corrected chi connectivity index (χ2v) is 6.23. The van der Waals surface area contributed by atoms with E-state index in [1.165, 1.54) is 4.57 Å². The fraction of sp³-hybridized carbons (Fsp3) is 0.353. The van der Waals surface area contributed by atoms with Crippen LogP contribution in [0.4, 0.5) is 0 Å². The first-order valence-corrected chi connectivity index (χ1v) is 8.23. The Kier molecular flexibility index (Phi) is 3.89. The number of hydrogen-bond acceptors (Lipinski definition) is 5. The van der Waals surface area contributed by atoms with E-state index >= 15 is 0 Å². The second kappa shape index (κ2) is 6.21. The third-order valence-electron chi connectivity index (χ3n) is 4.31. The van der Waals surface area contributed by atoms with Crippen LogP contribution in [0.25, 0.3) is 11.1 Å². The van der Waals surface area contributed by atoms with Crippen molar-refractivity contribution in [2.45, 2.75) is 33.1 Å². The SMILES string of the molecule is Cc1ccc2oc(=O)n(CC(=O)NCc3cc4n(n3)CCNC4)c2c1. The van der Waals surface area contributed by atoms with E-state index in [-0.39, 0.29) is 12.5 Å². The second-order valence-electron chi connectivity index (χ2n) is 6.23. The van der Waals surface area contributed by atoms with Crippen LogP contribution < -0.4 is 16.4 Å². The normalized spacial score (nSPS) is 13.8. The van der Waals surface area contributed by atoms with Crippen LogP contribution in [0.15, 0.2) is 33.5 Å². The largest absolute Gasteiger partial charge is 0.420 e. The highest BCUT2D eigenvalue weighted by Crippen LogP contribution is 2.14. The molecule has 1 aromatic carbocycles. The van der Waals surface area contributed by atoms with E-state index in [0.717, 1.165) is 36.6 Å². The number of benzene rings is 1. The quantitative estimate of drug-likeness (QED) is 0.721. The summed E-state index contributed by atoms with van der Waals surface area (Å²) in [5.74, 6) is -0.783. The Morgan fingerprint density at radius 3 is 3.12 bits per heavy atom. The average Bonchev–Trinajstić information content (AvgIpc) is 3.14. The smallest absolute Gasteiger partial charge is 0.408 e. The molecule has 2 N–H and O–H groups in total. The van der Waals surface area contributed by atoms with Crippen LogP contribution in [-0.2, 0) is 31.0 Å². The third kappa shape index (κ3) is 3.08. The van der Waals surface area contributed by atoms with Gasteiger partial charge in [0.15, 0.2) is 5.58 Å². The van der Waals surface area contributed by atoms with Crippen molar-refractivity contribution in [1.29, 1.82) is 0 Å². The van der Waals surface area contributed by atoms with Crippen molar-refractivity contribution in [3.8, 4) is 0 Å². The highest BCUT2D eigenvalue weighted by Gasteiger charge is 2.15. The number of fused-ring (bicyclic) bond motifs is 2. The Hall–Kier alpha value is -2.87. The van der Waals surface area contributed by atoms with Crippen molar-refractivity contribution in [3.05, 3.63) is 51.8 Å². The summed E-state index contributed by atoms with van der Waals surface area (Å²) in [5, 5.41) is 10.6. The van der Waals surface area contributed by atoms with E-state index in [1.807, 2.05) is 29.8 Å². The topological polar surface area (TPSA) is 94.1 Å². The van der Waals surface area contributed by atoms with E-state index in [1.54, 1.807) is 6.07 Å². The minimum atomic E-state index is -0.528. The summed E-state index contributed by atoms with van der Waals surface area (Å²) in [6.07, 6.45) is 0. The molecular formula is C17H19N5O3. The molecule has 8 nitrogen and oxygen atoms in total. The van der Waals surface area contributed by atoms with E-state index in [4.69, 9.17) is 4.42 Å². The van der Waals surface area contributed by atoms with Crippen molar-refractivity contribution < 1.29 is 9.21 Å². The van der Waals surface area contributed by atoms with Gasteiger partial charge < -0.3 is 15.1 Å². The minimum Gasteiger partial charge on any atom is -0.408 e. The molecule has 3 aromatic rings. The van der Waals surface area contributed by atoms with Crippen molar-refractivity contribution in [2.24, 2.45) is 0 Å². The summed E-state index contributed by atoms with van der Waals surface area (Å²) in [6.45, 7) is 4.70. The van der Waals surface area contributed by atoms with Crippen LogP contribution in [-0.4, -0.2) is 26.8 Å². The molecule has 3 heterocycles. The number of rotatable bonds is 4. The molecule has 0 fully saturated rings. The predicted molar refractivity (Wildman–Crippen MR) is 91.0 cm³/mol. The highest BCUT2D eigenvalue weighted by molar-refractivity contribution is 5.79. The van der Waals surface area contributed by atoms with Gasteiger partial charge in [0, 0.05) is 13.1 Å². The number of oxazole rings is 1. The monoisotopic (exact) mass is 341 g/mol. The molecule has 1 aliphatic rings. The first-order valence-electron chi connectivity index (χ1n) is 8.23. The summed E-state index contributed by atoms with van der Waals surface area (Å²) in [6, 6.07) is 7.42. The molecule has 0 unspecified atom stereocenters. The first-order chi connectivity index (χ1) is 12.1. The molecular weight excluding hydrogens is 322 g/mol. The Balaban J connectivity index is 1.46. The van der Waals surface area contributed by atoms with E-state index < -0.39 is 5.76 Å². The lowest BCUT2D eigenvalue weighted by atomic mass is 10.2. The van der Waals surface area contributed by atoms with Gasteiger partial charge in [-0.3, -0.25) is 14.0 Å². The number of aromatic nitrogens is 3. The van der Waals surface area contributed by atoms with Gasteiger partial charge in [-0.05, 0) is 30.7 Å². The third-order valence-corrected chi connectivity index (χ3v) is 4.31. The Morgan fingerprint density at radius 2 is 2.28 bits per heavy atom. The molecule has 4 rings (SSSR count). The lowest BCUT2D eigenvalue weighted by Gasteiger charge is -2.13.